The van der Waals surface area contributed by atoms with Gasteiger partial charge in [-0.05, 0) is 38.3 Å². The molecule has 0 aromatic carbocycles. The SMILES string of the molecule is CCOC(=O)c1cc(C)n(CC(=O)OCC(=O)NC(=O)NCc2cccs2)c1C. The van der Waals surface area contributed by atoms with Crippen molar-refractivity contribution in [3.63, 3.8) is 0 Å². The van der Waals surface area contributed by atoms with Gasteiger partial charge in [0.1, 0.15) is 6.54 Å². The van der Waals surface area contributed by atoms with Crippen molar-refractivity contribution in [2.75, 3.05) is 13.2 Å². The Morgan fingerprint density at radius 1 is 1.17 bits per heavy atom. The van der Waals surface area contributed by atoms with Crippen LogP contribution in [0.2, 0.25) is 0 Å². The summed E-state index contributed by atoms with van der Waals surface area (Å²) in [4.78, 5) is 48.3. The molecule has 0 bridgehead atoms. The largest absolute Gasteiger partial charge is 0.462 e. The molecule has 0 radical (unpaired) electrons. The first kappa shape index (κ1) is 22.2. The fourth-order valence-corrected chi connectivity index (χ4v) is 3.21. The van der Waals surface area contributed by atoms with Gasteiger partial charge in [0.05, 0.1) is 18.7 Å². The number of carbonyl (C=O) groups excluding carboxylic acids is 4. The normalized spacial score (nSPS) is 10.3. The van der Waals surface area contributed by atoms with Crippen molar-refractivity contribution in [3.8, 4) is 0 Å². The van der Waals surface area contributed by atoms with Crippen molar-refractivity contribution in [3.05, 3.63) is 45.4 Å². The Bertz CT molecular complexity index is 888. The molecule has 156 valence electrons. The molecule has 0 aliphatic carbocycles. The van der Waals surface area contributed by atoms with Crippen molar-refractivity contribution in [2.45, 2.75) is 33.9 Å². The molecule has 0 fully saturated rings. The number of aromatic nitrogens is 1. The van der Waals surface area contributed by atoms with Crippen LogP contribution in [0.4, 0.5) is 4.79 Å². The zero-order chi connectivity index (χ0) is 21.4. The van der Waals surface area contributed by atoms with Gasteiger partial charge in [-0.1, -0.05) is 6.07 Å². The van der Waals surface area contributed by atoms with Crippen molar-refractivity contribution >= 4 is 35.2 Å². The summed E-state index contributed by atoms with van der Waals surface area (Å²) < 4.78 is 11.5. The zero-order valence-corrected chi connectivity index (χ0v) is 17.3. The first-order chi connectivity index (χ1) is 13.8. The first-order valence-corrected chi connectivity index (χ1v) is 9.79. The second kappa shape index (κ2) is 10.4. The maximum absolute atomic E-state index is 12.1. The summed E-state index contributed by atoms with van der Waals surface area (Å²) in [5, 5.41) is 6.50. The molecule has 0 aliphatic rings. The lowest BCUT2D eigenvalue weighted by atomic mass is 10.2. The third-order valence-electron chi connectivity index (χ3n) is 3.98. The highest BCUT2D eigenvalue weighted by molar-refractivity contribution is 7.09. The topological polar surface area (TPSA) is 116 Å². The number of esters is 2. The number of urea groups is 1. The number of aryl methyl sites for hydroxylation is 1. The second-order valence-electron chi connectivity index (χ2n) is 6.06. The Hall–Kier alpha value is -3.14. The van der Waals surface area contributed by atoms with Gasteiger partial charge in [0.15, 0.2) is 6.61 Å². The molecule has 0 saturated carbocycles. The van der Waals surface area contributed by atoms with E-state index in [0.717, 1.165) is 4.88 Å². The quantitative estimate of drug-likeness (QED) is 0.629. The number of nitrogens with one attached hydrogen (secondary N) is 2. The van der Waals surface area contributed by atoms with E-state index in [2.05, 4.69) is 10.6 Å². The highest BCUT2D eigenvalue weighted by Crippen LogP contribution is 2.16. The fraction of sp³-hybridized carbons (Fsp3) is 0.368. The van der Waals surface area contributed by atoms with E-state index in [1.165, 1.54) is 11.3 Å². The third-order valence-corrected chi connectivity index (χ3v) is 4.85. The number of carbonyl (C=O) groups is 4. The molecule has 0 spiro atoms. The summed E-state index contributed by atoms with van der Waals surface area (Å²) in [5.74, 6) is -1.88. The van der Waals surface area contributed by atoms with Crippen LogP contribution in [0, 0.1) is 13.8 Å². The monoisotopic (exact) mass is 421 g/mol. The Morgan fingerprint density at radius 2 is 1.93 bits per heavy atom. The molecular formula is C19H23N3O6S. The minimum absolute atomic E-state index is 0.172. The van der Waals surface area contributed by atoms with Crippen LogP contribution in [-0.2, 0) is 32.2 Å². The first-order valence-electron chi connectivity index (χ1n) is 8.91. The van der Waals surface area contributed by atoms with Gasteiger partial charge >= 0.3 is 18.0 Å². The van der Waals surface area contributed by atoms with Gasteiger partial charge in [0, 0.05) is 16.3 Å². The Balaban J connectivity index is 1.79. The highest BCUT2D eigenvalue weighted by Gasteiger charge is 2.19. The number of ether oxygens (including phenoxy) is 2. The molecule has 2 N–H and O–H groups in total. The van der Waals surface area contributed by atoms with Crippen LogP contribution in [0.15, 0.2) is 23.6 Å². The van der Waals surface area contributed by atoms with Gasteiger partial charge in [-0.2, -0.15) is 0 Å². The van der Waals surface area contributed by atoms with Crippen LogP contribution >= 0.6 is 11.3 Å². The van der Waals surface area contributed by atoms with E-state index < -0.39 is 30.5 Å². The highest BCUT2D eigenvalue weighted by atomic mass is 32.1. The van der Waals surface area contributed by atoms with Gasteiger partial charge in [-0.15, -0.1) is 11.3 Å². The van der Waals surface area contributed by atoms with Crippen molar-refractivity contribution in [1.29, 1.82) is 0 Å². The van der Waals surface area contributed by atoms with E-state index in [1.54, 1.807) is 31.4 Å². The second-order valence-corrected chi connectivity index (χ2v) is 7.09. The number of rotatable bonds is 8. The summed E-state index contributed by atoms with van der Waals surface area (Å²) in [7, 11) is 0. The van der Waals surface area contributed by atoms with E-state index in [9.17, 15) is 19.2 Å². The molecule has 2 rings (SSSR count). The van der Waals surface area contributed by atoms with Gasteiger partial charge in [0.2, 0.25) is 0 Å². The van der Waals surface area contributed by atoms with Gasteiger partial charge in [-0.3, -0.25) is 14.9 Å². The average Bonchev–Trinajstić information content (AvgIpc) is 3.28. The average molecular weight is 421 g/mol. The third kappa shape index (κ3) is 6.46. The molecule has 0 aliphatic heterocycles. The van der Waals surface area contributed by atoms with E-state index in [1.807, 2.05) is 17.5 Å². The number of imide groups is 1. The molecule has 2 heterocycles. The molecule has 0 atom stereocenters. The minimum atomic E-state index is -0.741. The van der Waals surface area contributed by atoms with Crippen molar-refractivity contribution < 1.29 is 28.7 Å². The predicted octanol–water partition coefficient (Wildman–Crippen LogP) is 1.91. The van der Waals surface area contributed by atoms with Gasteiger partial charge in [0.25, 0.3) is 5.91 Å². The van der Waals surface area contributed by atoms with E-state index >= 15 is 0 Å². The Morgan fingerprint density at radius 3 is 2.59 bits per heavy atom. The Kier molecular flexibility index (Phi) is 7.96. The molecule has 0 unspecified atom stereocenters. The van der Waals surface area contributed by atoms with Gasteiger partial charge in [-0.25, -0.2) is 9.59 Å². The minimum Gasteiger partial charge on any atom is -0.462 e. The molecule has 9 nitrogen and oxygen atoms in total. The molecule has 10 heteroatoms. The van der Waals surface area contributed by atoms with E-state index in [4.69, 9.17) is 9.47 Å². The summed E-state index contributed by atoms with van der Waals surface area (Å²) >= 11 is 1.48. The fourth-order valence-electron chi connectivity index (χ4n) is 2.57. The maximum atomic E-state index is 12.1. The van der Waals surface area contributed by atoms with Gasteiger partial charge < -0.3 is 19.4 Å². The lowest BCUT2D eigenvalue weighted by Gasteiger charge is -2.10. The summed E-state index contributed by atoms with van der Waals surface area (Å²) in [6.45, 7) is 4.93. The van der Waals surface area contributed by atoms with Crippen LogP contribution in [0.25, 0.3) is 0 Å². The van der Waals surface area contributed by atoms with Crippen LogP contribution in [0.1, 0.15) is 33.5 Å². The number of hydrogen-bond acceptors (Lipinski definition) is 7. The van der Waals surface area contributed by atoms with Crippen LogP contribution in [-0.4, -0.2) is 41.7 Å². The van der Waals surface area contributed by atoms with E-state index in [-0.39, 0.29) is 13.2 Å². The van der Waals surface area contributed by atoms with Crippen molar-refractivity contribution in [1.82, 2.24) is 15.2 Å². The van der Waals surface area contributed by atoms with E-state index in [0.29, 0.717) is 23.5 Å². The Labute approximate surface area is 172 Å². The lowest BCUT2D eigenvalue weighted by Crippen LogP contribution is -2.41. The molecule has 29 heavy (non-hydrogen) atoms. The maximum Gasteiger partial charge on any atom is 0.339 e. The number of hydrogen-bond donors (Lipinski definition) is 2. The van der Waals surface area contributed by atoms with Crippen molar-refractivity contribution in [2.24, 2.45) is 0 Å². The van der Waals surface area contributed by atoms with Crippen LogP contribution in [0.3, 0.4) is 0 Å². The summed E-state index contributed by atoms with van der Waals surface area (Å²) in [6.07, 6.45) is 0. The molecular weight excluding hydrogens is 398 g/mol. The van der Waals surface area contributed by atoms with Crippen LogP contribution in [0.5, 0.6) is 0 Å². The lowest BCUT2D eigenvalue weighted by molar-refractivity contribution is -0.148. The molecule has 2 aromatic rings. The summed E-state index contributed by atoms with van der Waals surface area (Å²) in [6, 6.07) is 4.67. The number of amides is 3. The van der Waals surface area contributed by atoms with Crippen LogP contribution < -0.4 is 10.6 Å². The molecule has 2 aromatic heterocycles. The molecule has 0 saturated heterocycles. The standard InChI is InChI=1S/C19H23N3O6S/c1-4-27-18(25)15-8-12(2)22(13(15)3)10-17(24)28-11-16(23)21-19(26)20-9-14-6-5-7-29-14/h5-8H,4,9-11H2,1-3H3,(H2,20,21,23,26). The number of nitrogens with zero attached hydrogens (tertiary/aromatic N) is 1. The summed E-state index contributed by atoms with van der Waals surface area (Å²) in [5.41, 5.74) is 1.62. The smallest absolute Gasteiger partial charge is 0.339 e. The molecule has 3 amide bonds. The zero-order valence-electron chi connectivity index (χ0n) is 16.4. The predicted molar refractivity (Wildman–Crippen MR) is 106 cm³/mol. The number of thiophene rings is 1.